The highest BCUT2D eigenvalue weighted by Crippen LogP contribution is 2.48. The van der Waals surface area contributed by atoms with Gasteiger partial charge in [-0.15, -0.1) is 0 Å². The van der Waals surface area contributed by atoms with E-state index in [1.807, 2.05) is 31.4 Å². The Bertz CT molecular complexity index is 943. The van der Waals surface area contributed by atoms with Crippen LogP contribution in [0.1, 0.15) is 43.7 Å². The maximum absolute atomic E-state index is 13.1. The number of hydrogen-bond donors (Lipinski definition) is 1. The van der Waals surface area contributed by atoms with Crippen LogP contribution in [0.15, 0.2) is 45.5 Å². The SMILES string of the molecule is CSC1=NC2=NC3=C(C(=O)CC(C)(C)C3)C(c3cccc(C)c3)C2C(=O)N1. The molecule has 5 nitrogen and oxygen atoms in total. The van der Waals surface area contributed by atoms with Gasteiger partial charge in [0, 0.05) is 17.9 Å². The number of amidine groups is 2. The van der Waals surface area contributed by atoms with Crippen LogP contribution in [0, 0.1) is 18.3 Å². The van der Waals surface area contributed by atoms with Crippen molar-refractivity contribution < 1.29 is 9.59 Å². The Labute approximate surface area is 163 Å². The third-order valence-corrected chi connectivity index (χ3v) is 5.97. The van der Waals surface area contributed by atoms with Crippen LogP contribution in [0.4, 0.5) is 0 Å². The topological polar surface area (TPSA) is 70.9 Å². The van der Waals surface area contributed by atoms with E-state index in [9.17, 15) is 9.59 Å². The number of nitrogens with one attached hydrogen (secondary N) is 1. The molecule has 140 valence electrons. The van der Waals surface area contributed by atoms with Crippen molar-refractivity contribution in [2.75, 3.05) is 6.26 Å². The summed E-state index contributed by atoms with van der Waals surface area (Å²) in [5, 5.41) is 3.42. The van der Waals surface area contributed by atoms with E-state index in [4.69, 9.17) is 4.99 Å². The molecule has 0 saturated carbocycles. The molecule has 0 saturated heterocycles. The Morgan fingerprint density at radius 2 is 1.93 bits per heavy atom. The minimum Gasteiger partial charge on any atom is -0.304 e. The van der Waals surface area contributed by atoms with Gasteiger partial charge in [0.2, 0.25) is 5.91 Å². The predicted octanol–water partition coefficient (Wildman–Crippen LogP) is 3.60. The molecule has 1 aromatic carbocycles. The van der Waals surface area contributed by atoms with Crippen LogP contribution in [0.3, 0.4) is 0 Å². The Morgan fingerprint density at radius 3 is 2.63 bits per heavy atom. The predicted molar refractivity (Wildman–Crippen MR) is 109 cm³/mol. The summed E-state index contributed by atoms with van der Waals surface area (Å²) in [4.78, 5) is 35.4. The smallest absolute Gasteiger partial charge is 0.237 e. The van der Waals surface area contributed by atoms with Gasteiger partial charge in [-0.05, 0) is 30.6 Å². The number of rotatable bonds is 1. The third kappa shape index (κ3) is 3.16. The minimum absolute atomic E-state index is 0.1000. The van der Waals surface area contributed by atoms with Crippen LogP contribution in [-0.2, 0) is 9.59 Å². The Balaban J connectivity index is 1.94. The highest BCUT2D eigenvalue weighted by molar-refractivity contribution is 8.13. The number of aliphatic imine (C=N–C) groups is 2. The lowest BCUT2D eigenvalue weighted by atomic mass is 9.67. The fourth-order valence-corrected chi connectivity index (χ4v) is 4.66. The average Bonchev–Trinajstić information content (AvgIpc) is 2.58. The highest BCUT2D eigenvalue weighted by Gasteiger charge is 2.48. The molecule has 1 aromatic rings. The number of hydrogen-bond acceptors (Lipinski definition) is 5. The lowest BCUT2D eigenvalue weighted by Gasteiger charge is -2.40. The van der Waals surface area contributed by atoms with Crippen molar-refractivity contribution in [3.8, 4) is 0 Å². The first-order chi connectivity index (χ1) is 12.8. The summed E-state index contributed by atoms with van der Waals surface area (Å²) in [6, 6.07) is 8.06. The van der Waals surface area contributed by atoms with E-state index in [0.29, 0.717) is 23.0 Å². The molecule has 1 N–H and O–H groups in total. The van der Waals surface area contributed by atoms with Crippen molar-refractivity contribution in [1.82, 2.24) is 5.32 Å². The van der Waals surface area contributed by atoms with Crippen molar-refractivity contribution in [2.45, 2.75) is 39.5 Å². The number of benzene rings is 1. The fraction of sp³-hybridized carbons (Fsp3) is 0.429. The van der Waals surface area contributed by atoms with Gasteiger partial charge in [-0.25, -0.2) is 9.98 Å². The number of amides is 1. The monoisotopic (exact) mass is 381 g/mol. The number of carbonyl (C=O) groups is 2. The Hall–Kier alpha value is -2.21. The van der Waals surface area contributed by atoms with Crippen LogP contribution in [-0.4, -0.2) is 28.9 Å². The van der Waals surface area contributed by atoms with Gasteiger partial charge in [-0.1, -0.05) is 55.4 Å². The molecule has 0 radical (unpaired) electrons. The van der Waals surface area contributed by atoms with Gasteiger partial charge in [-0.2, -0.15) is 0 Å². The molecule has 2 atom stereocenters. The van der Waals surface area contributed by atoms with Crippen molar-refractivity contribution >= 4 is 34.5 Å². The zero-order valence-corrected chi connectivity index (χ0v) is 16.8. The van der Waals surface area contributed by atoms with Crippen LogP contribution in [0.5, 0.6) is 0 Å². The van der Waals surface area contributed by atoms with Crippen molar-refractivity contribution in [2.24, 2.45) is 21.3 Å². The summed E-state index contributed by atoms with van der Waals surface area (Å²) in [6.07, 6.45) is 3.07. The number of carbonyl (C=O) groups excluding carboxylic acids is 2. The molecule has 1 aliphatic carbocycles. The van der Waals surface area contributed by atoms with E-state index in [1.54, 1.807) is 0 Å². The second-order valence-electron chi connectivity index (χ2n) is 8.25. The molecule has 3 aliphatic rings. The molecule has 0 fully saturated rings. The van der Waals surface area contributed by atoms with E-state index in [-0.39, 0.29) is 23.0 Å². The summed E-state index contributed by atoms with van der Waals surface area (Å²) in [6.45, 7) is 6.20. The summed E-state index contributed by atoms with van der Waals surface area (Å²) >= 11 is 1.39. The Kier molecular flexibility index (Phi) is 4.34. The summed E-state index contributed by atoms with van der Waals surface area (Å²) in [5.41, 5.74) is 3.45. The molecule has 0 spiro atoms. The second-order valence-corrected chi connectivity index (χ2v) is 9.05. The molecule has 0 aromatic heterocycles. The molecule has 0 bridgehead atoms. The second kappa shape index (κ2) is 6.44. The molecule has 27 heavy (non-hydrogen) atoms. The number of aryl methyl sites for hydroxylation is 1. The van der Waals surface area contributed by atoms with E-state index in [1.165, 1.54) is 11.8 Å². The van der Waals surface area contributed by atoms with Crippen LogP contribution in [0.2, 0.25) is 0 Å². The molecule has 1 amide bonds. The van der Waals surface area contributed by atoms with Gasteiger partial charge in [0.25, 0.3) is 0 Å². The van der Waals surface area contributed by atoms with Crippen molar-refractivity contribution in [1.29, 1.82) is 0 Å². The van der Waals surface area contributed by atoms with Crippen LogP contribution >= 0.6 is 11.8 Å². The Morgan fingerprint density at radius 1 is 1.15 bits per heavy atom. The third-order valence-electron chi connectivity index (χ3n) is 5.39. The largest absolute Gasteiger partial charge is 0.304 e. The zero-order valence-electron chi connectivity index (χ0n) is 16.0. The van der Waals surface area contributed by atoms with Gasteiger partial charge in [0.1, 0.15) is 11.8 Å². The molecule has 2 aliphatic heterocycles. The first-order valence-electron chi connectivity index (χ1n) is 9.14. The van der Waals surface area contributed by atoms with Crippen LogP contribution < -0.4 is 5.32 Å². The van der Waals surface area contributed by atoms with Crippen molar-refractivity contribution in [3.05, 3.63) is 46.7 Å². The van der Waals surface area contributed by atoms with Crippen molar-refractivity contribution in [3.63, 3.8) is 0 Å². The van der Waals surface area contributed by atoms with E-state index < -0.39 is 5.92 Å². The molecular formula is C21H23N3O2S. The standard InChI is InChI=1S/C21H23N3O2S/c1-11-6-5-7-12(8-11)15-16-13(9-21(2,3)10-14(16)25)22-18-17(15)19(26)24-20(23-18)27-4/h5-8,15,17H,9-10H2,1-4H3,(H,22,23,24,26). The number of ketones is 1. The summed E-state index contributed by atoms with van der Waals surface area (Å²) in [5.74, 6) is -0.402. The number of allylic oxidation sites excluding steroid dienone is 2. The molecular weight excluding hydrogens is 358 g/mol. The van der Waals surface area contributed by atoms with Gasteiger partial charge in [0.15, 0.2) is 11.0 Å². The van der Waals surface area contributed by atoms with Crippen LogP contribution in [0.25, 0.3) is 0 Å². The van der Waals surface area contributed by atoms with Gasteiger partial charge >= 0.3 is 0 Å². The van der Waals surface area contributed by atoms with E-state index in [2.05, 4.69) is 30.2 Å². The lowest BCUT2D eigenvalue weighted by molar-refractivity contribution is -0.122. The zero-order chi connectivity index (χ0) is 19.3. The lowest BCUT2D eigenvalue weighted by Crippen LogP contribution is -2.48. The normalized spacial score (nSPS) is 26.7. The first kappa shape index (κ1) is 18.2. The molecule has 6 heteroatoms. The number of fused-ring (bicyclic) bond motifs is 1. The first-order valence-corrected chi connectivity index (χ1v) is 10.4. The molecule has 4 rings (SSSR count). The average molecular weight is 382 g/mol. The van der Waals surface area contributed by atoms with Gasteiger partial charge in [-0.3, -0.25) is 9.59 Å². The number of nitrogens with zero attached hydrogens (tertiary/aromatic N) is 2. The molecule has 2 unspecified atom stereocenters. The highest BCUT2D eigenvalue weighted by atomic mass is 32.2. The van der Waals surface area contributed by atoms with E-state index >= 15 is 0 Å². The number of thioether (sulfide) groups is 1. The van der Waals surface area contributed by atoms with Gasteiger partial charge < -0.3 is 5.32 Å². The quantitative estimate of drug-likeness (QED) is 0.808. The van der Waals surface area contributed by atoms with Gasteiger partial charge in [0.05, 0.1) is 5.70 Å². The summed E-state index contributed by atoms with van der Waals surface area (Å²) in [7, 11) is 0. The summed E-state index contributed by atoms with van der Waals surface area (Å²) < 4.78 is 0. The minimum atomic E-state index is -0.563. The van der Waals surface area contributed by atoms with E-state index in [0.717, 1.165) is 23.2 Å². The number of Topliss-reactive ketones (excluding diaryl/α,β-unsaturated/α-hetero) is 1. The fourth-order valence-electron chi connectivity index (χ4n) is 4.28. The maximum atomic E-state index is 13.1. The molecule has 2 heterocycles. The maximum Gasteiger partial charge on any atom is 0.237 e.